The number of halogens is 1. The summed E-state index contributed by atoms with van der Waals surface area (Å²) >= 11 is 7.43. The lowest BCUT2D eigenvalue weighted by molar-refractivity contribution is 0.467. The number of hydrogen-bond acceptors (Lipinski definition) is 4. The molecule has 3 aromatic rings. The summed E-state index contributed by atoms with van der Waals surface area (Å²) in [6, 6.07) is 10.9. The first-order chi connectivity index (χ1) is 9.16. The zero-order valence-electron chi connectivity index (χ0n) is 9.76. The average Bonchev–Trinajstić information content (AvgIpc) is 2.97. The Morgan fingerprint density at radius 1 is 1.21 bits per heavy atom. The van der Waals surface area contributed by atoms with Crippen molar-refractivity contribution in [2.45, 2.75) is 0 Å². The highest BCUT2D eigenvalue weighted by molar-refractivity contribution is 7.13. The van der Waals surface area contributed by atoms with E-state index < -0.39 is 0 Å². The number of thiophene rings is 1. The van der Waals surface area contributed by atoms with Gasteiger partial charge < -0.3 is 15.3 Å². The molecule has 0 bridgehead atoms. The van der Waals surface area contributed by atoms with Crippen LogP contribution < -0.4 is 5.73 Å². The molecular formula is C14H10ClNO2S. The molecule has 0 spiro atoms. The van der Waals surface area contributed by atoms with Crippen LogP contribution in [0.25, 0.3) is 21.8 Å². The van der Waals surface area contributed by atoms with E-state index in [2.05, 4.69) is 0 Å². The molecule has 0 fully saturated rings. The zero-order chi connectivity index (χ0) is 13.4. The minimum absolute atomic E-state index is 0.0437. The van der Waals surface area contributed by atoms with E-state index in [1.807, 2.05) is 23.6 Å². The van der Waals surface area contributed by atoms with Crippen LogP contribution in [-0.4, -0.2) is 5.11 Å². The van der Waals surface area contributed by atoms with Crippen molar-refractivity contribution in [1.29, 1.82) is 0 Å². The lowest BCUT2D eigenvalue weighted by Crippen LogP contribution is -1.84. The van der Waals surface area contributed by atoms with Gasteiger partial charge in [-0.1, -0.05) is 29.8 Å². The Balaban J connectivity index is 2.18. The van der Waals surface area contributed by atoms with Crippen LogP contribution >= 0.6 is 22.9 Å². The minimum Gasteiger partial charge on any atom is -0.504 e. The van der Waals surface area contributed by atoms with E-state index in [1.165, 1.54) is 11.3 Å². The van der Waals surface area contributed by atoms with Crippen LogP contribution in [0.2, 0.25) is 5.02 Å². The number of hydrogen-bond donors (Lipinski definition) is 2. The second kappa shape index (κ2) is 4.64. The molecule has 3 nitrogen and oxygen atoms in total. The van der Waals surface area contributed by atoms with Gasteiger partial charge in [-0.25, -0.2) is 0 Å². The quantitative estimate of drug-likeness (QED) is 0.724. The van der Waals surface area contributed by atoms with Gasteiger partial charge in [0.2, 0.25) is 5.88 Å². The molecule has 0 aliphatic heterocycles. The Bertz CT molecular complexity index is 719. The average molecular weight is 292 g/mol. The summed E-state index contributed by atoms with van der Waals surface area (Å²) in [5.74, 6) is 0.618. The van der Waals surface area contributed by atoms with Crippen molar-refractivity contribution in [3.63, 3.8) is 0 Å². The summed E-state index contributed by atoms with van der Waals surface area (Å²) in [7, 11) is 0. The highest BCUT2D eigenvalue weighted by Crippen LogP contribution is 2.46. The lowest BCUT2D eigenvalue weighted by atomic mass is 10.1. The molecule has 0 radical (unpaired) electrons. The molecule has 3 N–H and O–H groups in total. The number of rotatable bonds is 2. The molecule has 3 rings (SSSR count). The first kappa shape index (κ1) is 12.1. The number of furan rings is 1. The molecule has 19 heavy (non-hydrogen) atoms. The number of anilines is 1. The summed E-state index contributed by atoms with van der Waals surface area (Å²) in [6.45, 7) is 0. The first-order valence-electron chi connectivity index (χ1n) is 5.58. The van der Waals surface area contributed by atoms with Gasteiger partial charge in [0.05, 0.1) is 10.4 Å². The molecule has 2 aromatic heterocycles. The van der Waals surface area contributed by atoms with E-state index in [1.54, 1.807) is 18.2 Å². The third-order valence-electron chi connectivity index (χ3n) is 2.77. The van der Waals surface area contributed by atoms with Crippen molar-refractivity contribution in [1.82, 2.24) is 0 Å². The fourth-order valence-corrected chi connectivity index (χ4v) is 2.83. The van der Waals surface area contributed by atoms with E-state index in [0.29, 0.717) is 16.3 Å². The van der Waals surface area contributed by atoms with E-state index in [-0.39, 0.29) is 11.6 Å². The summed E-state index contributed by atoms with van der Waals surface area (Å²) in [5.41, 5.74) is 7.07. The third-order valence-corrected chi connectivity index (χ3v) is 3.87. The molecule has 0 atom stereocenters. The van der Waals surface area contributed by atoms with Gasteiger partial charge in [0.15, 0.2) is 11.5 Å². The summed E-state index contributed by atoms with van der Waals surface area (Å²) in [6.07, 6.45) is 0. The fraction of sp³-hybridized carbons (Fsp3) is 0. The number of benzene rings is 1. The lowest BCUT2D eigenvalue weighted by Gasteiger charge is -2.00. The SMILES string of the molecule is Nc1oc(-c2cccs2)c(O)c1-c1cccc(Cl)c1. The van der Waals surface area contributed by atoms with Crippen LogP contribution in [0, 0.1) is 0 Å². The maximum atomic E-state index is 10.3. The van der Waals surface area contributed by atoms with Crippen LogP contribution in [0.4, 0.5) is 5.88 Å². The summed E-state index contributed by atoms with van der Waals surface area (Å²) < 4.78 is 5.48. The van der Waals surface area contributed by atoms with Crippen LogP contribution in [0.5, 0.6) is 5.75 Å². The van der Waals surface area contributed by atoms with Crippen LogP contribution in [0.1, 0.15) is 0 Å². The second-order valence-corrected chi connectivity index (χ2v) is 5.39. The van der Waals surface area contributed by atoms with Gasteiger partial charge in [-0.3, -0.25) is 0 Å². The molecule has 0 unspecified atom stereocenters. The predicted octanol–water partition coefficient (Wildman–Crippen LogP) is 4.62. The van der Waals surface area contributed by atoms with Crippen molar-refractivity contribution in [2.75, 3.05) is 5.73 Å². The Morgan fingerprint density at radius 2 is 2.05 bits per heavy atom. The van der Waals surface area contributed by atoms with E-state index in [9.17, 15) is 5.11 Å². The monoisotopic (exact) mass is 291 g/mol. The largest absolute Gasteiger partial charge is 0.504 e. The van der Waals surface area contributed by atoms with Crippen molar-refractivity contribution < 1.29 is 9.52 Å². The van der Waals surface area contributed by atoms with Crippen molar-refractivity contribution in [3.8, 4) is 27.5 Å². The van der Waals surface area contributed by atoms with Gasteiger partial charge >= 0.3 is 0 Å². The number of aromatic hydroxyl groups is 1. The Morgan fingerprint density at radius 3 is 2.74 bits per heavy atom. The predicted molar refractivity (Wildman–Crippen MR) is 78.5 cm³/mol. The first-order valence-corrected chi connectivity index (χ1v) is 6.83. The maximum absolute atomic E-state index is 10.3. The molecule has 2 heterocycles. The molecule has 0 aliphatic carbocycles. The normalized spacial score (nSPS) is 10.8. The topological polar surface area (TPSA) is 59.4 Å². The Kier molecular flexibility index (Phi) is 2.97. The number of nitrogens with two attached hydrogens (primary N) is 1. The van der Waals surface area contributed by atoms with Gasteiger partial charge in [-0.05, 0) is 29.1 Å². The van der Waals surface area contributed by atoms with Crippen molar-refractivity contribution in [3.05, 3.63) is 46.8 Å². The van der Waals surface area contributed by atoms with E-state index in [0.717, 1.165) is 10.4 Å². The second-order valence-electron chi connectivity index (χ2n) is 4.01. The van der Waals surface area contributed by atoms with Gasteiger partial charge in [0.1, 0.15) is 0 Å². The van der Waals surface area contributed by atoms with E-state index >= 15 is 0 Å². The van der Waals surface area contributed by atoms with E-state index in [4.69, 9.17) is 21.8 Å². The Labute approximate surface area is 118 Å². The highest BCUT2D eigenvalue weighted by atomic mass is 35.5. The molecule has 0 saturated carbocycles. The molecule has 0 amide bonds. The van der Waals surface area contributed by atoms with Crippen LogP contribution in [-0.2, 0) is 0 Å². The zero-order valence-corrected chi connectivity index (χ0v) is 11.3. The molecule has 1 aromatic carbocycles. The maximum Gasteiger partial charge on any atom is 0.202 e. The van der Waals surface area contributed by atoms with Crippen molar-refractivity contribution >= 4 is 28.8 Å². The third kappa shape index (κ3) is 2.09. The van der Waals surface area contributed by atoms with Gasteiger partial charge in [-0.2, -0.15) is 0 Å². The van der Waals surface area contributed by atoms with Gasteiger partial charge in [-0.15, -0.1) is 11.3 Å². The summed E-state index contributed by atoms with van der Waals surface area (Å²) in [4.78, 5) is 0.831. The van der Waals surface area contributed by atoms with Gasteiger partial charge in [0.25, 0.3) is 0 Å². The molecular weight excluding hydrogens is 282 g/mol. The standard InChI is InChI=1S/C14H10ClNO2S/c15-9-4-1-3-8(7-9)11-12(17)13(18-14(11)16)10-5-2-6-19-10/h1-7,17H,16H2. The highest BCUT2D eigenvalue weighted by Gasteiger charge is 2.21. The molecule has 96 valence electrons. The van der Waals surface area contributed by atoms with Crippen LogP contribution in [0.15, 0.2) is 46.2 Å². The molecule has 0 aliphatic rings. The van der Waals surface area contributed by atoms with Crippen LogP contribution in [0.3, 0.4) is 0 Å². The van der Waals surface area contributed by atoms with Gasteiger partial charge in [0, 0.05) is 5.02 Å². The number of nitrogen functional groups attached to an aromatic ring is 1. The minimum atomic E-state index is 0.0437. The molecule has 5 heteroatoms. The Hall–Kier alpha value is -1.91. The smallest absolute Gasteiger partial charge is 0.202 e. The summed E-state index contributed by atoms with van der Waals surface area (Å²) in [5, 5.41) is 12.8. The molecule has 0 saturated heterocycles. The van der Waals surface area contributed by atoms with Crippen molar-refractivity contribution in [2.24, 2.45) is 0 Å². The fourth-order valence-electron chi connectivity index (χ4n) is 1.94.